The van der Waals surface area contributed by atoms with Crippen molar-refractivity contribution < 1.29 is 9.90 Å². The number of carbonyl (C=O) groups is 1. The highest BCUT2D eigenvalue weighted by molar-refractivity contribution is 5.93. The summed E-state index contributed by atoms with van der Waals surface area (Å²) in [5.74, 6) is -0.414. The molecule has 0 atom stereocenters. The van der Waals surface area contributed by atoms with Crippen molar-refractivity contribution in [3.05, 3.63) is 42.1 Å². The van der Waals surface area contributed by atoms with Crippen LogP contribution in [0.2, 0.25) is 0 Å². The van der Waals surface area contributed by atoms with Gasteiger partial charge in [-0.1, -0.05) is 25.8 Å². The number of carbonyl (C=O) groups excluding carboxylic acids is 1. The Morgan fingerprint density at radius 3 is 2.38 bits per heavy atom. The Labute approximate surface area is 145 Å². The summed E-state index contributed by atoms with van der Waals surface area (Å²) in [5.41, 5.74) is 7.65. The van der Waals surface area contributed by atoms with Crippen LogP contribution in [0, 0.1) is 0 Å². The third-order valence-corrected chi connectivity index (χ3v) is 3.99. The lowest BCUT2D eigenvalue weighted by atomic mass is 10.1. The number of unbranched alkanes of at least 4 members (excludes halogenated alkanes) is 4. The van der Waals surface area contributed by atoms with E-state index in [0.717, 1.165) is 37.3 Å². The lowest BCUT2D eigenvalue weighted by Gasteiger charge is -2.14. The second kappa shape index (κ2) is 11.6. The van der Waals surface area contributed by atoms with Crippen LogP contribution in [0.25, 0.3) is 0 Å². The molecule has 0 aliphatic carbocycles. The molecule has 0 saturated heterocycles. The van der Waals surface area contributed by atoms with E-state index in [1.165, 1.54) is 25.7 Å². The second-order valence-electron chi connectivity index (χ2n) is 6.21. The van der Waals surface area contributed by atoms with Crippen molar-refractivity contribution in [2.24, 2.45) is 5.73 Å². The number of nitrogens with zero attached hydrogens (tertiary/aromatic N) is 1. The first-order valence-electron chi connectivity index (χ1n) is 8.67. The highest BCUT2D eigenvalue weighted by atomic mass is 16.3. The molecule has 0 saturated carbocycles. The SMILES string of the molecule is C=C(CCCCCCCN(C)CCO)Nc1ccc(C(N)=O)cc1. The van der Waals surface area contributed by atoms with Crippen LogP contribution in [0.15, 0.2) is 36.5 Å². The molecule has 1 rings (SSSR count). The monoisotopic (exact) mass is 333 g/mol. The first-order chi connectivity index (χ1) is 11.5. The number of hydrogen-bond donors (Lipinski definition) is 3. The lowest BCUT2D eigenvalue weighted by molar-refractivity contribution is 0.100. The minimum atomic E-state index is -0.414. The Kier molecular flexibility index (Phi) is 9.80. The zero-order valence-corrected chi connectivity index (χ0v) is 14.8. The molecule has 0 aliphatic rings. The topological polar surface area (TPSA) is 78.6 Å². The van der Waals surface area contributed by atoms with E-state index in [9.17, 15) is 4.79 Å². The van der Waals surface area contributed by atoms with Crippen LogP contribution in [-0.4, -0.2) is 42.7 Å². The molecule has 0 bridgehead atoms. The van der Waals surface area contributed by atoms with Crippen molar-refractivity contribution in [1.29, 1.82) is 0 Å². The Hall–Kier alpha value is -1.85. The molecule has 4 N–H and O–H groups in total. The summed E-state index contributed by atoms with van der Waals surface area (Å²) in [6.07, 6.45) is 6.91. The maximum Gasteiger partial charge on any atom is 0.248 e. The maximum absolute atomic E-state index is 11.0. The summed E-state index contributed by atoms with van der Waals surface area (Å²) in [5, 5.41) is 12.1. The molecule has 1 amide bonds. The molecule has 0 aromatic heterocycles. The van der Waals surface area contributed by atoms with Crippen LogP contribution in [0.3, 0.4) is 0 Å². The number of rotatable bonds is 13. The highest BCUT2D eigenvalue weighted by Gasteiger charge is 2.01. The fraction of sp³-hybridized carbons (Fsp3) is 0.526. The zero-order valence-electron chi connectivity index (χ0n) is 14.8. The van der Waals surface area contributed by atoms with E-state index in [0.29, 0.717) is 5.56 Å². The summed E-state index contributed by atoms with van der Waals surface area (Å²) in [4.78, 5) is 13.2. The average Bonchev–Trinajstić information content (AvgIpc) is 2.54. The number of hydrogen-bond acceptors (Lipinski definition) is 4. The molecule has 0 heterocycles. The van der Waals surface area contributed by atoms with Gasteiger partial charge in [-0.3, -0.25) is 4.79 Å². The third kappa shape index (κ3) is 8.70. The second-order valence-corrected chi connectivity index (χ2v) is 6.21. The number of aliphatic hydroxyl groups excluding tert-OH is 1. The molecule has 0 radical (unpaired) electrons. The van der Waals surface area contributed by atoms with Gasteiger partial charge >= 0.3 is 0 Å². The van der Waals surface area contributed by atoms with Gasteiger partial charge in [-0.15, -0.1) is 0 Å². The highest BCUT2D eigenvalue weighted by Crippen LogP contribution is 2.15. The average molecular weight is 333 g/mol. The van der Waals surface area contributed by atoms with Crippen LogP contribution in [-0.2, 0) is 0 Å². The van der Waals surface area contributed by atoms with E-state index in [4.69, 9.17) is 10.8 Å². The van der Waals surface area contributed by atoms with Gasteiger partial charge < -0.3 is 21.1 Å². The number of aliphatic hydroxyl groups is 1. The molecule has 1 aromatic rings. The van der Waals surface area contributed by atoms with Gasteiger partial charge in [0.15, 0.2) is 0 Å². The Bertz CT molecular complexity index is 500. The molecular weight excluding hydrogens is 302 g/mol. The molecule has 0 spiro atoms. The molecule has 5 heteroatoms. The number of nitrogens with two attached hydrogens (primary N) is 1. The van der Waals surface area contributed by atoms with Crippen LogP contribution in [0.1, 0.15) is 48.9 Å². The number of primary amides is 1. The smallest absolute Gasteiger partial charge is 0.248 e. The normalized spacial score (nSPS) is 10.8. The standard InChI is InChI=1S/C19H31N3O2/c1-16(21-18-11-9-17(10-12-18)19(20)24)8-6-4-3-5-7-13-22(2)14-15-23/h9-12,21,23H,1,3-8,13-15H2,2H3,(H2,20,24). The van der Waals surface area contributed by atoms with Crippen LogP contribution >= 0.6 is 0 Å². The van der Waals surface area contributed by atoms with Gasteiger partial charge in [0.25, 0.3) is 0 Å². The van der Waals surface area contributed by atoms with Crippen molar-refractivity contribution in [2.45, 2.75) is 38.5 Å². The number of allylic oxidation sites excluding steroid dienone is 1. The van der Waals surface area contributed by atoms with Gasteiger partial charge in [0.2, 0.25) is 5.91 Å². The predicted octanol–water partition coefficient (Wildman–Crippen LogP) is 2.98. The van der Waals surface area contributed by atoms with Crippen molar-refractivity contribution >= 4 is 11.6 Å². The van der Waals surface area contributed by atoms with Crippen molar-refractivity contribution in [3.63, 3.8) is 0 Å². The number of likely N-dealkylation sites (N-methyl/N-ethyl adjacent to an activating group) is 1. The maximum atomic E-state index is 11.0. The van der Waals surface area contributed by atoms with Crippen LogP contribution in [0.4, 0.5) is 5.69 Å². The minimum absolute atomic E-state index is 0.233. The van der Waals surface area contributed by atoms with Gasteiger partial charge in [-0.25, -0.2) is 0 Å². The molecule has 0 aliphatic heterocycles. The zero-order chi connectivity index (χ0) is 17.8. The van der Waals surface area contributed by atoms with E-state index < -0.39 is 5.91 Å². The van der Waals surface area contributed by atoms with Crippen molar-refractivity contribution in [2.75, 3.05) is 32.1 Å². The molecule has 1 aromatic carbocycles. The van der Waals surface area contributed by atoms with Gasteiger partial charge in [-0.2, -0.15) is 0 Å². The van der Waals surface area contributed by atoms with Crippen LogP contribution in [0.5, 0.6) is 0 Å². The van der Waals surface area contributed by atoms with E-state index in [1.54, 1.807) is 12.1 Å². The first-order valence-corrected chi connectivity index (χ1v) is 8.67. The van der Waals surface area contributed by atoms with Crippen molar-refractivity contribution in [3.8, 4) is 0 Å². The van der Waals surface area contributed by atoms with Crippen LogP contribution < -0.4 is 11.1 Å². The Balaban J connectivity index is 2.08. The van der Waals surface area contributed by atoms with Gasteiger partial charge in [-0.05, 0) is 57.1 Å². The summed E-state index contributed by atoms with van der Waals surface area (Å²) in [6.45, 7) is 6.09. The third-order valence-electron chi connectivity index (χ3n) is 3.99. The molecule has 5 nitrogen and oxygen atoms in total. The molecule has 0 fully saturated rings. The van der Waals surface area contributed by atoms with E-state index >= 15 is 0 Å². The lowest BCUT2D eigenvalue weighted by Crippen LogP contribution is -2.23. The molecule has 0 unspecified atom stereocenters. The molecular formula is C19H31N3O2. The van der Waals surface area contributed by atoms with Crippen molar-refractivity contribution in [1.82, 2.24) is 4.90 Å². The molecule has 24 heavy (non-hydrogen) atoms. The summed E-state index contributed by atoms with van der Waals surface area (Å²) < 4.78 is 0. The largest absolute Gasteiger partial charge is 0.395 e. The minimum Gasteiger partial charge on any atom is -0.395 e. The number of benzene rings is 1. The quantitative estimate of drug-likeness (QED) is 0.485. The molecule has 134 valence electrons. The Morgan fingerprint density at radius 2 is 1.75 bits per heavy atom. The summed E-state index contributed by atoms with van der Waals surface area (Å²) in [7, 11) is 2.04. The first kappa shape index (κ1) is 20.2. The summed E-state index contributed by atoms with van der Waals surface area (Å²) in [6, 6.07) is 7.11. The predicted molar refractivity (Wildman–Crippen MR) is 100 cm³/mol. The number of nitrogens with one attached hydrogen (secondary N) is 1. The van der Waals surface area contributed by atoms with Gasteiger partial charge in [0.05, 0.1) is 6.61 Å². The van der Waals surface area contributed by atoms with E-state index in [1.807, 2.05) is 19.2 Å². The van der Waals surface area contributed by atoms with E-state index in [2.05, 4.69) is 16.8 Å². The number of anilines is 1. The van der Waals surface area contributed by atoms with Gasteiger partial charge in [0.1, 0.15) is 0 Å². The Morgan fingerprint density at radius 1 is 1.12 bits per heavy atom. The fourth-order valence-electron chi connectivity index (χ4n) is 2.52. The number of amides is 1. The fourth-order valence-corrected chi connectivity index (χ4v) is 2.52. The van der Waals surface area contributed by atoms with E-state index in [-0.39, 0.29) is 6.61 Å². The summed E-state index contributed by atoms with van der Waals surface area (Å²) >= 11 is 0. The van der Waals surface area contributed by atoms with Gasteiger partial charge in [0, 0.05) is 23.5 Å².